The molecule has 1 aromatic rings. The Balaban J connectivity index is 2.95. The number of hydrogen-bond acceptors (Lipinski definition) is 2. The summed E-state index contributed by atoms with van der Waals surface area (Å²) in [6.45, 7) is 8.22. The van der Waals surface area contributed by atoms with Crippen LogP contribution in [0, 0.1) is 11.3 Å². The standard InChI is InChI=1S/C10H15N3/c1-8(5-11)13-7-9(6-12-13)10(2,3)4/h6-8H,1-4H3/t8-/m1/s1. The van der Waals surface area contributed by atoms with Gasteiger partial charge in [-0.2, -0.15) is 10.4 Å². The summed E-state index contributed by atoms with van der Waals surface area (Å²) in [5.41, 5.74) is 1.27. The number of nitriles is 1. The van der Waals surface area contributed by atoms with Crippen LogP contribution in [-0.4, -0.2) is 9.78 Å². The van der Waals surface area contributed by atoms with Crippen LogP contribution < -0.4 is 0 Å². The van der Waals surface area contributed by atoms with Gasteiger partial charge in [0.1, 0.15) is 6.04 Å². The van der Waals surface area contributed by atoms with Crippen molar-refractivity contribution in [1.29, 1.82) is 5.26 Å². The van der Waals surface area contributed by atoms with E-state index in [1.54, 1.807) is 4.68 Å². The van der Waals surface area contributed by atoms with Crippen LogP contribution in [-0.2, 0) is 5.41 Å². The summed E-state index contributed by atoms with van der Waals surface area (Å²) in [6.07, 6.45) is 3.77. The van der Waals surface area contributed by atoms with E-state index in [1.165, 1.54) is 0 Å². The molecule has 0 bridgehead atoms. The lowest BCUT2D eigenvalue weighted by atomic mass is 9.90. The Morgan fingerprint density at radius 2 is 2.15 bits per heavy atom. The van der Waals surface area contributed by atoms with E-state index >= 15 is 0 Å². The van der Waals surface area contributed by atoms with Crippen molar-refractivity contribution < 1.29 is 0 Å². The minimum absolute atomic E-state index is 0.105. The normalized spacial score (nSPS) is 13.8. The van der Waals surface area contributed by atoms with Gasteiger partial charge in [-0.1, -0.05) is 20.8 Å². The van der Waals surface area contributed by atoms with E-state index in [0.717, 1.165) is 5.56 Å². The quantitative estimate of drug-likeness (QED) is 0.660. The first-order valence-corrected chi connectivity index (χ1v) is 4.39. The zero-order chi connectivity index (χ0) is 10.1. The van der Waals surface area contributed by atoms with Crippen LogP contribution in [0.1, 0.15) is 39.3 Å². The Kier molecular flexibility index (Phi) is 2.42. The average molecular weight is 177 g/mol. The number of aromatic nitrogens is 2. The lowest BCUT2D eigenvalue weighted by Crippen LogP contribution is -2.10. The predicted molar refractivity (Wildman–Crippen MR) is 51.3 cm³/mol. The number of rotatable bonds is 1. The third-order valence-electron chi connectivity index (χ3n) is 2.05. The fraction of sp³-hybridized carbons (Fsp3) is 0.600. The molecule has 0 aromatic carbocycles. The van der Waals surface area contributed by atoms with Gasteiger partial charge in [-0.3, -0.25) is 4.68 Å². The average Bonchev–Trinajstić information content (AvgIpc) is 2.50. The van der Waals surface area contributed by atoms with Crippen molar-refractivity contribution in [3.05, 3.63) is 18.0 Å². The van der Waals surface area contributed by atoms with E-state index in [0.29, 0.717) is 0 Å². The highest BCUT2D eigenvalue weighted by atomic mass is 15.3. The van der Waals surface area contributed by atoms with E-state index in [-0.39, 0.29) is 11.5 Å². The molecule has 1 atom stereocenters. The third-order valence-corrected chi connectivity index (χ3v) is 2.05. The Labute approximate surface area is 79.0 Å². The van der Waals surface area contributed by atoms with E-state index in [9.17, 15) is 0 Å². The maximum Gasteiger partial charge on any atom is 0.135 e. The van der Waals surface area contributed by atoms with Crippen molar-refractivity contribution in [1.82, 2.24) is 9.78 Å². The van der Waals surface area contributed by atoms with Gasteiger partial charge in [0.25, 0.3) is 0 Å². The highest BCUT2D eigenvalue weighted by Gasteiger charge is 2.16. The molecule has 3 heteroatoms. The molecule has 0 radical (unpaired) electrons. The molecule has 0 saturated carbocycles. The lowest BCUT2D eigenvalue weighted by molar-refractivity contribution is 0.573. The van der Waals surface area contributed by atoms with Gasteiger partial charge in [-0.05, 0) is 17.9 Å². The van der Waals surface area contributed by atoms with Gasteiger partial charge >= 0.3 is 0 Å². The molecular formula is C10H15N3. The Bertz CT molecular complexity index is 325. The first-order valence-electron chi connectivity index (χ1n) is 4.39. The second-order valence-electron chi connectivity index (χ2n) is 4.26. The molecule has 1 heterocycles. The first kappa shape index (κ1) is 9.79. The number of nitrogens with zero attached hydrogens (tertiary/aromatic N) is 3. The predicted octanol–water partition coefficient (Wildman–Crippen LogP) is 2.27. The summed E-state index contributed by atoms with van der Waals surface area (Å²) in [6, 6.07) is 1.96. The molecular weight excluding hydrogens is 162 g/mol. The molecule has 0 spiro atoms. The van der Waals surface area contributed by atoms with Crippen molar-refractivity contribution >= 4 is 0 Å². The summed E-state index contributed by atoms with van der Waals surface area (Å²) in [5.74, 6) is 0. The SMILES string of the molecule is C[C@H](C#N)n1cc(C(C)(C)C)cn1. The van der Waals surface area contributed by atoms with E-state index in [2.05, 4.69) is 31.9 Å². The third kappa shape index (κ3) is 2.09. The minimum atomic E-state index is -0.184. The molecule has 0 unspecified atom stereocenters. The molecule has 70 valence electrons. The van der Waals surface area contributed by atoms with E-state index in [1.807, 2.05) is 19.3 Å². The first-order chi connectivity index (χ1) is 5.95. The van der Waals surface area contributed by atoms with Gasteiger partial charge in [-0.25, -0.2) is 0 Å². The molecule has 0 aliphatic heterocycles. The molecule has 0 N–H and O–H groups in total. The van der Waals surface area contributed by atoms with Gasteiger partial charge < -0.3 is 0 Å². The maximum atomic E-state index is 8.69. The lowest BCUT2D eigenvalue weighted by Gasteiger charge is -2.15. The highest BCUT2D eigenvalue weighted by Crippen LogP contribution is 2.21. The van der Waals surface area contributed by atoms with Crippen LogP contribution in [0.15, 0.2) is 12.4 Å². The number of hydrogen-bond donors (Lipinski definition) is 0. The van der Waals surface area contributed by atoms with Gasteiger partial charge in [0.05, 0.1) is 12.3 Å². The topological polar surface area (TPSA) is 41.6 Å². The van der Waals surface area contributed by atoms with Gasteiger partial charge in [0, 0.05) is 6.20 Å². The van der Waals surface area contributed by atoms with Crippen LogP contribution in [0.5, 0.6) is 0 Å². The summed E-state index contributed by atoms with van der Waals surface area (Å²) in [4.78, 5) is 0. The Hall–Kier alpha value is -1.30. The zero-order valence-electron chi connectivity index (χ0n) is 8.57. The summed E-state index contributed by atoms with van der Waals surface area (Å²) in [5, 5.41) is 12.8. The fourth-order valence-corrected chi connectivity index (χ4v) is 0.996. The highest BCUT2D eigenvalue weighted by molar-refractivity contribution is 5.15. The monoisotopic (exact) mass is 177 g/mol. The minimum Gasteiger partial charge on any atom is -0.255 e. The van der Waals surface area contributed by atoms with Crippen molar-refractivity contribution in [2.24, 2.45) is 0 Å². The largest absolute Gasteiger partial charge is 0.255 e. The summed E-state index contributed by atoms with van der Waals surface area (Å²) >= 11 is 0. The van der Waals surface area contributed by atoms with E-state index in [4.69, 9.17) is 5.26 Å². The zero-order valence-corrected chi connectivity index (χ0v) is 8.57. The molecule has 13 heavy (non-hydrogen) atoms. The van der Waals surface area contributed by atoms with Gasteiger partial charge in [-0.15, -0.1) is 0 Å². The van der Waals surface area contributed by atoms with Crippen LogP contribution in [0.2, 0.25) is 0 Å². The molecule has 0 fully saturated rings. The van der Waals surface area contributed by atoms with Crippen LogP contribution in [0.4, 0.5) is 0 Å². The molecule has 0 aliphatic rings. The molecule has 1 rings (SSSR count). The van der Waals surface area contributed by atoms with Crippen LogP contribution >= 0.6 is 0 Å². The summed E-state index contributed by atoms with van der Waals surface area (Å²) in [7, 11) is 0. The molecule has 3 nitrogen and oxygen atoms in total. The maximum absolute atomic E-state index is 8.69. The van der Waals surface area contributed by atoms with Crippen LogP contribution in [0.3, 0.4) is 0 Å². The Morgan fingerprint density at radius 3 is 2.54 bits per heavy atom. The second kappa shape index (κ2) is 3.21. The van der Waals surface area contributed by atoms with Crippen molar-refractivity contribution in [2.45, 2.75) is 39.2 Å². The Morgan fingerprint density at radius 1 is 1.54 bits per heavy atom. The van der Waals surface area contributed by atoms with Crippen molar-refractivity contribution in [3.63, 3.8) is 0 Å². The van der Waals surface area contributed by atoms with Gasteiger partial charge in [0.2, 0.25) is 0 Å². The molecule has 0 aliphatic carbocycles. The van der Waals surface area contributed by atoms with Gasteiger partial charge in [0.15, 0.2) is 0 Å². The molecule has 1 aromatic heterocycles. The molecule has 0 amide bonds. The van der Waals surface area contributed by atoms with Crippen molar-refractivity contribution in [2.75, 3.05) is 0 Å². The molecule has 0 saturated heterocycles. The smallest absolute Gasteiger partial charge is 0.135 e. The van der Waals surface area contributed by atoms with E-state index < -0.39 is 0 Å². The van der Waals surface area contributed by atoms with Crippen molar-refractivity contribution in [3.8, 4) is 6.07 Å². The van der Waals surface area contributed by atoms with Crippen LogP contribution in [0.25, 0.3) is 0 Å². The summed E-state index contributed by atoms with van der Waals surface area (Å²) < 4.78 is 1.70. The fourth-order valence-electron chi connectivity index (χ4n) is 0.996. The second-order valence-corrected chi connectivity index (χ2v) is 4.26.